The minimum absolute atomic E-state index is 0.575. The molecule has 0 radical (unpaired) electrons. The zero-order chi connectivity index (χ0) is 12.9. The van der Waals surface area contributed by atoms with Gasteiger partial charge in [0.1, 0.15) is 0 Å². The van der Waals surface area contributed by atoms with Crippen LogP contribution in [-0.2, 0) is 0 Å². The maximum absolute atomic E-state index is 4.60. The highest BCUT2D eigenvalue weighted by Gasteiger charge is 2.51. The third-order valence-electron chi connectivity index (χ3n) is 6.85. The van der Waals surface area contributed by atoms with Crippen LogP contribution in [0.25, 0.3) is 0 Å². The zero-order valence-corrected chi connectivity index (χ0v) is 12.5. The van der Waals surface area contributed by atoms with Crippen molar-refractivity contribution in [3.05, 3.63) is 12.2 Å². The molecule has 0 saturated heterocycles. The molecule has 0 aliphatic heterocycles. The Kier molecular flexibility index (Phi) is 3.11. The summed E-state index contributed by atoms with van der Waals surface area (Å²) in [6.07, 6.45) is 10.2. The van der Waals surface area contributed by atoms with E-state index in [0.29, 0.717) is 5.41 Å². The van der Waals surface area contributed by atoms with Crippen molar-refractivity contribution in [2.45, 2.75) is 65.7 Å². The monoisotopic (exact) mass is 246 g/mol. The van der Waals surface area contributed by atoms with Crippen LogP contribution in [0.2, 0.25) is 0 Å². The molecule has 102 valence electrons. The molecule has 3 saturated carbocycles. The average Bonchev–Trinajstić information content (AvgIpc) is 2.59. The maximum Gasteiger partial charge on any atom is -0.00848 e. The first-order valence-corrected chi connectivity index (χ1v) is 8.21. The molecular formula is C18H30. The van der Waals surface area contributed by atoms with Crippen LogP contribution in [0, 0.1) is 35.0 Å². The summed E-state index contributed by atoms with van der Waals surface area (Å²) < 4.78 is 0. The van der Waals surface area contributed by atoms with Crippen LogP contribution < -0.4 is 0 Å². The van der Waals surface area contributed by atoms with E-state index >= 15 is 0 Å². The summed E-state index contributed by atoms with van der Waals surface area (Å²) in [4.78, 5) is 0. The lowest BCUT2D eigenvalue weighted by atomic mass is 9.67. The fourth-order valence-electron chi connectivity index (χ4n) is 5.22. The summed E-state index contributed by atoms with van der Waals surface area (Å²) in [5.41, 5.74) is 2.25. The predicted molar refractivity (Wildman–Crippen MR) is 78.4 cm³/mol. The Balaban J connectivity index is 1.79. The third kappa shape index (κ3) is 1.87. The van der Waals surface area contributed by atoms with Crippen molar-refractivity contribution in [1.82, 2.24) is 0 Å². The van der Waals surface area contributed by atoms with Gasteiger partial charge in [0.05, 0.1) is 0 Å². The standard InChI is InChI=1S/C18H30/c1-12-5-7-18(8-6-12)11-16-9-13(2)14(3)10-17(16)15(18)4/h12-14,16-17H,4-11H2,1-3H3. The van der Waals surface area contributed by atoms with E-state index in [-0.39, 0.29) is 0 Å². The van der Waals surface area contributed by atoms with E-state index in [9.17, 15) is 0 Å². The number of hydrogen-bond acceptors (Lipinski definition) is 0. The summed E-state index contributed by atoms with van der Waals surface area (Å²) in [7, 11) is 0. The van der Waals surface area contributed by atoms with E-state index in [1.54, 1.807) is 5.57 Å². The van der Waals surface area contributed by atoms with Gasteiger partial charge in [-0.25, -0.2) is 0 Å². The van der Waals surface area contributed by atoms with Crippen molar-refractivity contribution >= 4 is 0 Å². The van der Waals surface area contributed by atoms with Crippen LogP contribution in [0.1, 0.15) is 65.7 Å². The first-order chi connectivity index (χ1) is 8.52. The summed E-state index contributed by atoms with van der Waals surface area (Å²) in [6, 6.07) is 0. The van der Waals surface area contributed by atoms with Gasteiger partial charge in [-0.05, 0) is 80.0 Å². The third-order valence-corrected chi connectivity index (χ3v) is 6.85. The van der Waals surface area contributed by atoms with E-state index in [4.69, 9.17) is 0 Å². The second kappa shape index (κ2) is 4.39. The van der Waals surface area contributed by atoms with Crippen LogP contribution in [0.5, 0.6) is 0 Å². The molecule has 0 nitrogen and oxygen atoms in total. The molecule has 3 aliphatic carbocycles. The SMILES string of the molecule is C=C1C2CC(C)C(C)CC2CC12CCC(C)CC2. The van der Waals surface area contributed by atoms with Gasteiger partial charge in [0.2, 0.25) is 0 Å². The lowest BCUT2D eigenvalue weighted by Gasteiger charge is -2.38. The second-order valence-electron chi connectivity index (χ2n) is 7.98. The Labute approximate surface area is 113 Å². The summed E-state index contributed by atoms with van der Waals surface area (Å²) in [5.74, 6) is 4.68. The van der Waals surface area contributed by atoms with Crippen molar-refractivity contribution in [3.8, 4) is 0 Å². The average molecular weight is 246 g/mol. The Morgan fingerprint density at radius 3 is 2.28 bits per heavy atom. The summed E-state index contributed by atoms with van der Waals surface area (Å²) >= 11 is 0. The van der Waals surface area contributed by atoms with Crippen LogP contribution in [0.4, 0.5) is 0 Å². The largest absolute Gasteiger partial charge is 0.0990 e. The van der Waals surface area contributed by atoms with Crippen LogP contribution in [-0.4, -0.2) is 0 Å². The van der Waals surface area contributed by atoms with Gasteiger partial charge in [0, 0.05) is 0 Å². The van der Waals surface area contributed by atoms with E-state index in [0.717, 1.165) is 29.6 Å². The molecule has 0 heterocycles. The number of allylic oxidation sites excluding steroid dienone is 1. The van der Waals surface area contributed by atoms with Gasteiger partial charge >= 0.3 is 0 Å². The highest BCUT2D eigenvalue weighted by molar-refractivity contribution is 5.23. The Morgan fingerprint density at radius 2 is 1.61 bits per heavy atom. The molecule has 0 N–H and O–H groups in total. The second-order valence-corrected chi connectivity index (χ2v) is 7.98. The van der Waals surface area contributed by atoms with Gasteiger partial charge in [0.25, 0.3) is 0 Å². The van der Waals surface area contributed by atoms with Gasteiger partial charge in [0.15, 0.2) is 0 Å². The van der Waals surface area contributed by atoms with Gasteiger partial charge < -0.3 is 0 Å². The first-order valence-electron chi connectivity index (χ1n) is 8.21. The fourth-order valence-corrected chi connectivity index (χ4v) is 5.22. The smallest absolute Gasteiger partial charge is 0.00848 e. The normalized spacial score (nSPS) is 52.6. The lowest BCUT2D eigenvalue weighted by molar-refractivity contribution is 0.156. The van der Waals surface area contributed by atoms with Gasteiger partial charge in [-0.3, -0.25) is 0 Å². The molecule has 3 fully saturated rings. The number of fused-ring (bicyclic) bond motifs is 1. The van der Waals surface area contributed by atoms with E-state index < -0.39 is 0 Å². The molecule has 3 rings (SSSR count). The predicted octanol–water partition coefficient (Wildman–Crippen LogP) is 5.44. The molecule has 0 bridgehead atoms. The first kappa shape index (κ1) is 12.8. The van der Waals surface area contributed by atoms with Crippen LogP contribution in [0.3, 0.4) is 0 Å². The van der Waals surface area contributed by atoms with Crippen molar-refractivity contribution < 1.29 is 0 Å². The van der Waals surface area contributed by atoms with Crippen molar-refractivity contribution in [1.29, 1.82) is 0 Å². The topological polar surface area (TPSA) is 0 Å². The van der Waals surface area contributed by atoms with Gasteiger partial charge in [-0.15, -0.1) is 0 Å². The lowest BCUT2D eigenvalue weighted by Crippen LogP contribution is -2.27. The Hall–Kier alpha value is -0.260. The molecule has 0 aromatic carbocycles. The van der Waals surface area contributed by atoms with Gasteiger partial charge in [-0.2, -0.15) is 0 Å². The highest BCUT2D eigenvalue weighted by atomic mass is 14.6. The minimum Gasteiger partial charge on any atom is -0.0990 e. The van der Waals surface area contributed by atoms with E-state index in [1.165, 1.54) is 44.9 Å². The fraction of sp³-hybridized carbons (Fsp3) is 0.889. The molecule has 4 unspecified atom stereocenters. The summed E-state index contributed by atoms with van der Waals surface area (Å²) in [6.45, 7) is 12.0. The zero-order valence-electron chi connectivity index (χ0n) is 12.5. The molecular weight excluding hydrogens is 216 g/mol. The van der Waals surface area contributed by atoms with E-state index in [2.05, 4.69) is 27.4 Å². The molecule has 18 heavy (non-hydrogen) atoms. The molecule has 0 aromatic rings. The van der Waals surface area contributed by atoms with Crippen LogP contribution in [0.15, 0.2) is 12.2 Å². The molecule has 4 atom stereocenters. The number of rotatable bonds is 0. The Morgan fingerprint density at radius 1 is 1.00 bits per heavy atom. The summed E-state index contributed by atoms with van der Waals surface area (Å²) in [5, 5.41) is 0. The molecule has 0 aromatic heterocycles. The van der Waals surface area contributed by atoms with Crippen molar-refractivity contribution in [2.24, 2.45) is 35.0 Å². The number of hydrogen-bond donors (Lipinski definition) is 0. The molecule has 1 spiro atoms. The molecule has 0 heteroatoms. The maximum atomic E-state index is 4.60. The molecule has 0 amide bonds. The van der Waals surface area contributed by atoms with Gasteiger partial charge in [-0.1, -0.05) is 32.9 Å². The minimum atomic E-state index is 0.575. The van der Waals surface area contributed by atoms with Crippen molar-refractivity contribution in [3.63, 3.8) is 0 Å². The van der Waals surface area contributed by atoms with Crippen molar-refractivity contribution in [2.75, 3.05) is 0 Å². The highest BCUT2D eigenvalue weighted by Crippen LogP contribution is 2.61. The quantitative estimate of drug-likeness (QED) is 0.499. The Bertz CT molecular complexity index is 332. The van der Waals surface area contributed by atoms with E-state index in [1.807, 2.05) is 0 Å². The van der Waals surface area contributed by atoms with Crippen LogP contribution >= 0.6 is 0 Å². The molecule has 3 aliphatic rings.